The largest absolute Gasteiger partial charge is 0.485 e. The van der Waals surface area contributed by atoms with Gasteiger partial charge in [-0.2, -0.15) is 0 Å². The minimum absolute atomic E-state index is 0.0591. The van der Waals surface area contributed by atoms with Gasteiger partial charge in [-0.15, -0.1) is 0 Å². The van der Waals surface area contributed by atoms with Crippen LogP contribution in [-0.4, -0.2) is 12.6 Å². The number of hydrogen-bond acceptors (Lipinski definition) is 2. The summed E-state index contributed by atoms with van der Waals surface area (Å²) in [7, 11) is 0. The van der Waals surface area contributed by atoms with E-state index in [9.17, 15) is 4.39 Å². The van der Waals surface area contributed by atoms with Gasteiger partial charge in [-0.05, 0) is 30.5 Å². The molecule has 1 unspecified atom stereocenters. The van der Waals surface area contributed by atoms with E-state index in [0.29, 0.717) is 11.5 Å². The van der Waals surface area contributed by atoms with E-state index in [1.54, 1.807) is 6.07 Å². The Hall–Kier alpha value is -1.06. The molecule has 0 heterocycles. The Balaban J connectivity index is 2.68. The van der Waals surface area contributed by atoms with Crippen molar-refractivity contribution in [3.63, 3.8) is 0 Å². The molecule has 0 aliphatic carbocycles. The first kappa shape index (κ1) is 14.0. The van der Waals surface area contributed by atoms with E-state index in [0.717, 1.165) is 12.0 Å². The zero-order chi connectivity index (χ0) is 12.8. The average Bonchev–Trinajstić information content (AvgIpc) is 2.27. The quantitative estimate of drug-likeness (QED) is 0.849. The first-order valence-electron chi connectivity index (χ1n) is 5.53. The van der Waals surface area contributed by atoms with Crippen molar-refractivity contribution >= 4 is 11.6 Å². The van der Waals surface area contributed by atoms with E-state index in [1.807, 2.05) is 13.0 Å². The Bertz CT molecular complexity index is 395. The lowest BCUT2D eigenvalue weighted by Crippen LogP contribution is -2.21. The summed E-state index contributed by atoms with van der Waals surface area (Å²) in [6.45, 7) is 5.58. The van der Waals surface area contributed by atoms with E-state index in [1.165, 1.54) is 6.07 Å². The highest BCUT2D eigenvalue weighted by Crippen LogP contribution is 2.20. The van der Waals surface area contributed by atoms with Crippen molar-refractivity contribution in [1.29, 1.82) is 0 Å². The zero-order valence-corrected chi connectivity index (χ0v) is 10.6. The van der Waals surface area contributed by atoms with Gasteiger partial charge in [-0.25, -0.2) is 4.39 Å². The predicted octanol–water partition coefficient (Wildman–Crippen LogP) is 3.24. The Labute approximate surface area is 106 Å². The minimum atomic E-state index is -0.399. The molecule has 0 aliphatic heterocycles. The molecule has 0 aliphatic rings. The van der Waals surface area contributed by atoms with Crippen LogP contribution in [0.2, 0.25) is 0 Å². The van der Waals surface area contributed by atoms with Crippen LogP contribution < -0.4 is 10.5 Å². The van der Waals surface area contributed by atoms with Crippen molar-refractivity contribution in [3.05, 3.63) is 41.2 Å². The third-order valence-corrected chi connectivity index (χ3v) is 2.51. The van der Waals surface area contributed by atoms with Crippen LogP contribution in [0.3, 0.4) is 0 Å². The second-order valence-electron chi connectivity index (χ2n) is 3.94. The highest BCUT2D eigenvalue weighted by Gasteiger charge is 2.07. The molecule has 0 spiro atoms. The van der Waals surface area contributed by atoms with Gasteiger partial charge >= 0.3 is 0 Å². The maximum absolute atomic E-state index is 13.6. The van der Waals surface area contributed by atoms with Crippen LogP contribution in [0, 0.1) is 5.82 Å². The van der Waals surface area contributed by atoms with Gasteiger partial charge in [0.15, 0.2) is 11.6 Å². The lowest BCUT2D eigenvalue weighted by atomic mass is 10.0. The lowest BCUT2D eigenvalue weighted by molar-refractivity contribution is 0.338. The molecule has 1 atom stereocenters. The molecule has 0 saturated heterocycles. The van der Waals surface area contributed by atoms with E-state index in [4.69, 9.17) is 22.1 Å². The smallest absolute Gasteiger partial charge is 0.165 e. The Morgan fingerprint density at radius 1 is 1.59 bits per heavy atom. The number of rotatable bonds is 6. The van der Waals surface area contributed by atoms with Gasteiger partial charge < -0.3 is 10.5 Å². The number of nitrogens with two attached hydrogens (primary N) is 1. The van der Waals surface area contributed by atoms with Gasteiger partial charge in [-0.3, -0.25) is 0 Å². The van der Waals surface area contributed by atoms with E-state index in [-0.39, 0.29) is 18.4 Å². The van der Waals surface area contributed by atoms with E-state index < -0.39 is 5.82 Å². The van der Waals surface area contributed by atoms with Gasteiger partial charge in [0.05, 0.1) is 0 Å². The third-order valence-electron chi connectivity index (χ3n) is 2.40. The molecule has 2 nitrogen and oxygen atoms in total. The van der Waals surface area contributed by atoms with Gasteiger partial charge in [0.2, 0.25) is 0 Å². The predicted molar refractivity (Wildman–Crippen MR) is 68.9 cm³/mol. The maximum Gasteiger partial charge on any atom is 0.165 e. The second-order valence-corrected chi connectivity index (χ2v) is 4.48. The van der Waals surface area contributed by atoms with Gasteiger partial charge in [0.25, 0.3) is 0 Å². The molecule has 1 aromatic rings. The molecule has 1 aromatic carbocycles. The number of hydrogen-bond donors (Lipinski definition) is 1. The van der Waals surface area contributed by atoms with Crippen LogP contribution in [0.4, 0.5) is 4.39 Å². The topological polar surface area (TPSA) is 35.2 Å². The fraction of sp³-hybridized carbons (Fsp3) is 0.385. The summed E-state index contributed by atoms with van der Waals surface area (Å²) >= 11 is 5.54. The number of ether oxygens (including phenoxy) is 1. The molecule has 0 radical (unpaired) electrons. The van der Waals surface area contributed by atoms with Crippen LogP contribution in [0.25, 0.3) is 0 Å². The average molecular weight is 258 g/mol. The van der Waals surface area contributed by atoms with Crippen LogP contribution in [0.5, 0.6) is 5.75 Å². The summed E-state index contributed by atoms with van der Waals surface area (Å²) in [4.78, 5) is 0. The SMILES string of the molecule is C=C(Cl)COc1ccc(CC(N)CC)cc1F. The van der Waals surface area contributed by atoms with Crippen molar-refractivity contribution in [2.24, 2.45) is 5.73 Å². The third kappa shape index (κ3) is 4.75. The summed E-state index contributed by atoms with van der Waals surface area (Å²) in [5, 5.41) is 0.335. The van der Waals surface area contributed by atoms with Crippen molar-refractivity contribution in [2.75, 3.05) is 6.61 Å². The summed E-state index contributed by atoms with van der Waals surface area (Å²) in [5.41, 5.74) is 6.68. The van der Waals surface area contributed by atoms with Crippen LogP contribution in [-0.2, 0) is 6.42 Å². The Kier molecular flexibility index (Phi) is 5.45. The number of benzene rings is 1. The van der Waals surface area contributed by atoms with Crippen molar-refractivity contribution in [2.45, 2.75) is 25.8 Å². The summed E-state index contributed by atoms with van der Waals surface area (Å²) in [6, 6.07) is 4.91. The standard InChI is InChI=1S/C13H17ClFNO/c1-3-11(16)6-10-4-5-13(12(15)7-10)17-8-9(2)14/h4-5,7,11H,2-3,6,8,16H2,1H3. The fourth-order valence-corrected chi connectivity index (χ4v) is 1.45. The molecule has 2 N–H and O–H groups in total. The highest BCUT2D eigenvalue weighted by atomic mass is 35.5. The molecule has 17 heavy (non-hydrogen) atoms. The molecular formula is C13H17ClFNO. The summed E-state index contributed by atoms with van der Waals surface area (Å²) < 4.78 is 18.8. The second kappa shape index (κ2) is 6.62. The molecule has 0 bridgehead atoms. The molecule has 4 heteroatoms. The summed E-state index contributed by atoms with van der Waals surface area (Å²) in [6.07, 6.45) is 1.53. The van der Waals surface area contributed by atoms with Gasteiger partial charge in [0, 0.05) is 11.1 Å². The lowest BCUT2D eigenvalue weighted by Gasteiger charge is -2.11. The molecule has 0 aromatic heterocycles. The van der Waals surface area contributed by atoms with Crippen molar-refractivity contribution in [3.8, 4) is 5.75 Å². The summed E-state index contributed by atoms with van der Waals surface area (Å²) in [5.74, 6) is -0.218. The first-order valence-corrected chi connectivity index (χ1v) is 5.90. The normalized spacial score (nSPS) is 12.2. The van der Waals surface area contributed by atoms with Crippen molar-refractivity contribution in [1.82, 2.24) is 0 Å². The maximum atomic E-state index is 13.6. The molecule has 0 saturated carbocycles. The van der Waals surface area contributed by atoms with Crippen LogP contribution >= 0.6 is 11.6 Å². The zero-order valence-electron chi connectivity index (χ0n) is 9.88. The molecule has 0 fully saturated rings. The monoisotopic (exact) mass is 257 g/mol. The van der Waals surface area contributed by atoms with E-state index in [2.05, 4.69) is 6.58 Å². The van der Waals surface area contributed by atoms with Crippen LogP contribution in [0.15, 0.2) is 29.8 Å². The highest BCUT2D eigenvalue weighted by molar-refractivity contribution is 6.29. The molecule has 94 valence electrons. The molecular weight excluding hydrogens is 241 g/mol. The van der Waals surface area contributed by atoms with E-state index >= 15 is 0 Å². The molecule has 1 rings (SSSR count). The van der Waals surface area contributed by atoms with Gasteiger partial charge in [0.1, 0.15) is 6.61 Å². The van der Waals surface area contributed by atoms with Crippen molar-refractivity contribution < 1.29 is 9.13 Å². The molecule has 0 amide bonds. The Morgan fingerprint density at radius 2 is 2.29 bits per heavy atom. The van der Waals surface area contributed by atoms with Gasteiger partial charge in [-0.1, -0.05) is 31.2 Å². The first-order chi connectivity index (χ1) is 8.02. The fourth-order valence-electron chi connectivity index (χ4n) is 1.39. The number of halogens is 2. The minimum Gasteiger partial charge on any atom is -0.485 e. The Morgan fingerprint density at radius 3 is 2.82 bits per heavy atom. The van der Waals surface area contributed by atoms with Crippen LogP contribution in [0.1, 0.15) is 18.9 Å².